The van der Waals surface area contributed by atoms with Crippen molar-refractivity contribution in [2.45, 2.75) is 20.0 Å². The normalized spacial score (nSPS) is 10.3. The van der Waals surface area contributed by atoms with E-state index in [0.29, 0.717) is 17.3 Å². The summed E-state index contributed by atoms with van der Waals surface area (Å²) in [5.41, 5.74) is 1.26. The van der Waals surface area contributed by atoms with Gasteiger partial charge in [-0.05, 0) is 30.2 Å². The molecule has 1 aromatic carbocycles. The minimum atomic E-state index is -1.02. The lowest BCUT2D eigenvalue weighted by molar-refractivity contribution is 0.0696. The van der Waals surface area contributed by atoms with Crippen LogP contribution >= 0.6 is 0 Å². The van der Waals surface area contributed by atoms with Gasteiger partial charge in [0.2, 0.25) is 0 Å². The summed E-state index contributed by atoms with van der Waals surface area (Å²) in [5.74, 6) is 0.668. The first kappa shape index (κ1) is 14.0. The molecule has 0 aliphatic carbocycles. The largest absolute Gasteiger partial charge is 0.493 e. The van der Waals surface area contributed by atoms with Gasteiger partial charge in [0.05, 0.1) is 12.7 Å². The summed E-state index contributed by atoms with van der Waals surface area (Å²) < 4.78 is 16.0. The molecule has 0 radical (unpaired) electrons. The number of carboxylic acid groups (broad SMARTS) is 1. The molecule has 1 heterocycles. The second-order valence-corrected chi connectivity index (χ2v) is 4.23. The zero-order valence-corrected chi connectivity index (χ0v) is 11.4. The van der Waals surface area contributed by atoms with Crippen LogP contribution in [0.5, 0.6) is 11.5 Å². The van der Waals surface area contributed by atoms with E-state index < -0.39 is 5.97 Å². The molecule has 0 fully saturated rings. The maximum atomic E-state index is 10.7. The highest BCUT2D eigenvalue weighted by atomic mass is 16.5. The van der Waals surface area contributed by atoms with Gasteiger partial charge in [-0.3, -0.25) is 0 Å². The molecule has 2 rings (SSSR count). The average Bonchev–Trinajstić information content (AvgIpc) is 2.94. The Morgan fingerprint density at radius 3 is 2.70 bits per heavy atom. The van der Waals surface area contributed by atoms with E-state index in [1.165, 1.54) is 12.3 Å². The van der Waals surface area contributed by atoms with Crippen LogP contribution < -0.4 is 9.47 Å². The minimum absolute atomic E-state index is 0.108. The third kappa shape index (κ3) is 3.12. The molecule has 2 aromatic rings. The monoisotopic (exact) mass is 276 g/mol. The number of benzene rings is 1. The van der Waals surface area contributed by atoms with Crippen LogP contribution in [0.15, 0.2) is 34.9 Å². The summed E-state index contributed by atoms with van der Waals surface area (Å²) in [6, 6.07) is 7.15. The second-order valence-electron chi connectivity index (χ2n) is 4.23. The number of ether oxygens (including phenoxy) is 2. The number of carboxylic acids is 1. The first-order valence-corrected chi connectivity index (χ1v) is 6.24. The van der Waals surface area contributed by atoms with Crippen LogP contribution in [0.1, 0.15) is 28.6 Å². The smallest absolute Gasteiger partial charge is 0.338 e. The molecule has 0 amide bonds. The predicted molar refractivity (Wildman–Crippen MR) is 72.4 cm³/mol. The molecule has 0 aliphatic heterocycles. The van der Waals surface area contributed by atoms with Gasteiger partial charge in [-0.2, -0.15) is 0 Å². The first-order chi connectivity index (χ1) is 9.63. The minimum Gasteiger partial charge on any atom is -0.493 e. The Bertz CT molecular complexity index is 600. The summed E-state index contributed by atoms with van der Waals surface area (Å²) in [6.07, 6.45) is 2.11. The molecule has 0 saturated heterocycles. The Kier molecular flexibility index (Phi) is 4.30. The van der Waals surface area contributed by atoms with Gasteiger partial charge in [-0.25, -0.2) is 4.79 Å². The topological polar surface area (TPSA) is 68.9 Å². The van der Waals surface area contributed by atoms with Crippen LogP contribution in [0, 0.1) is 0 Å². The van der Waals surface area contributed by atoms with Crippen molar-refractivity contribution in [2.24, 2.45) is 0 Å². The Balaban J connectivity index is 2.07. The molecular weight excluding hydrogens is 260 g/mol. The number of furan rings is 1. The number of rotatable bonds is 6. The maximum Gasteiger partial charge on any atom is 0.338 e. The summed E-state index contributed by atoms with van der Waals surface area (Å²) >= 11 is 0. The molecule has 106 valence electrons. The Hall–Kier alpha value is -2.43. The standard InChI is InChI=1S/C15H16O5/c1-3-10-4-5-13(14(6-10)18-2)20-9-12-7-11(8-19-12)15(16)17/h4-8H,3,9H2,1-2H3,(H,16,17). The molecule has 0 spiro atoms. The van der Waals surface area contributed by atoms with Crippen LogP contribution in [0.25, 0.3) is 0 Å². The van der Waals surface area contributed by atoms with Crippen molar-refractivity contribution in [3.05, 3.63) is 47.4 Å². The Morgan fingerprint density at radius 1 is 1.30 bits per heavy atom. The summed E-state index contributed by atoms with van der Waals surface area (Å²) in [6.45, 7) is 2.21. The highest BCUT2D eigenvalue weighted by Crippen LogP contribution is 2.29. The third-order valence-electron chi connectivity index (χ3n) is 2.91. The van der Waals surface area contributed by atoms with Crippen molar-refractivity contribution in [3.63, 3.8) is 0 Å². The van der Waals surface area contributed by atoms with Gasteiger partial charge in [-0.15, -0.1) is 0 Å². The number of hydrogen-bond donors (Lipinski definition) is 1. The number of aromatic carboxylic acids is 1. The van der Waals surface area contributed by atoms with Gasteiger partial charge in [0.25, 0.3) is 0 Å². The molecule has 1 N–H and O–H groups in total. The van der Waals surface area contributed by atoms with Gasteiger partial charge in [0.1, 0.15) is 18.6 Å². The number of methoxy groups -OCH3 is 1. The molecule has 20 heavy (non-hydrogen) atoms. The van der Waals surface area contributed by atoms with E-state index in [-0.39, 0.29) is 12.2 Å². The lowest BCUT2D eigenvalue weighted by atomic mass is 10.1. The summed E-state index contributed by atoms with van der Waals surface area (Å²) in [5, 5.41) is 8.80. The van der Waals surface area contributed by atoms with Crippen molar-refractivity contribution < 1.29 is 23.8 Å². The molecule has 0 atom stereocenters. The SMILES string of the molecule is CCc1ccc(OCc2cc(C(=O)O)co2)c(OC)c1. The number of hydrogen-bond acceptors (Lipinski definition) is 4. The van der Waals surface area contributed by atoms with Crippen LogP contribution in [0.3, 0.4) is 0 Å². The quantitative estimate of drug-likeness (QED) is 0.877. The van der Waals surface area contributed by atoms with Crippen molar-refractivity contribution in [3.8, 4) is 11.5 Å². The fraction of sp³-hybridized carbons (Fsp3) is 0.267. The molecule has 0 unspecified atom stereocenters. The zero-order chi connectivity index (χ0) is 14.5. The molecule has 0 aliphatic rings. The van der Waals surface area contributed by atoms with E-state index in [0.717, 1.165) is 12.0 Å². The molecule has 0 bridgehead atoms. The summed E-state index contributed by atoms with van der Waals surface area (Å²) in [7, 11) is 1.58. The Labute approximate surface area is 116 Å². The maximum absolute atomic E-state index is 10.7. The van der Waals surface area contributed by atoms with Crippen LogP contribution in [-0.4, -0.2) is 18.2 Å². The fourth-order valence-corrected chi connectivity index (χ4v) is 1.77. The number of carbonyl (C=O) groups is 1. The van der Waals surface area contributed by atoms with Crippen LogP contribution in [0.4, 0.5) is 0 Å². The lowest BCUT2D eigenvalue weighted by Crippen LogP contribution is -1.98. The highest BCUT2D eigenvalue weighted by Gasteiger charge is 2.10. The molecule has 5 heteroatoms. The van der Waals surface area contributed by atoms with E-state index in [1.54, 1.807) is 7.11 Å². The number of aryl methyl sites for hydroxylation is 1. The second kappa shape index (κ2) is 6.14. The van der Waals surface area contributed by atoms with E-state index >= 15 is 0 Å². The summed E-state index contributed by atoms with van der Waals surface area (Å²) in [4.78, 5) is 10.7. The molecule has 5 nitrogen and oxygen atoms in total. The average molecular weight is 276 g/mol. The van der Waals surface area contributed by atoms with E-state index in [4.69, 9.17) is 19.0 Å². The Morgan fingerprint density at radius 2 is 2.10 bits per heavy atom. The molecule has 1 aromatic heterocycles. The van der Waals surface area contributed by atoms with Crippen LogP contribution in [0.2, 0.25) is 0 Å². The molecular formula is C15H16O5. The van der Waals surface area contributed by atoms with Gasteiger partial charge in [0, 0.05) is 0 Å². The predicted octanol–water partition coefficient (Wildman–Crippen LogP) is 3.13. The molecule has 0 saturated carbocycles. The van der Waals surface area contributed by atoms with Gasteiger partial charge < -0.3 is 19.0 Å². The van der Waals surface area contributed by atoms with Gasteiger partial charge >= 0.3 is 5.97 Å². The van der Waals surface area contributed by atoms with Gasteiger partial charge in [0.15, 0.2) is 11.5 Å². The van der Waals surface area contributed by atoms with E-state index in [9.17, 15) is 4.79 Å². The first-order valence-electron chi connectivity index (χ1n) is 6.24. The fourth-order valence-electron chi connectivity index (χ4n) is 1.77. The third-order valence-corrected chi connectivity index (χ3v) is 2.91. The lowest BCUT2D eigenvalue weighted by Gasteiger charge is -2.10. The van der Waals surface area contributed by atoms with Gasteiger partial charge in [-0.1, -0.05) is 13.0 Å². The highest BCUT2D eigenvalue weighted by molar-refractivity contribution is 5.87. The van der Waals surface area contributed by atoms with Crippen molar-refractivity contribution in [1.82, 2.24) is 0 Å². The van der Waals surface area contributed by atoms with Crippen molar-refractivity contribution in [2.75, 3.05) is 7.11 Å². The van der Waals surface area contributed by atoms with Crippen molar-refractivity contribution in [1.29, 1.82) is 0 Å². The van der Waals surface area contributed by atoms with Crippen LogP contribution in [-0.2, 0) is 13.0 Å². The van der Waals surface area contributed by atoms with Crippen molar-refractivity contribution >= 4 is 5.97 Å². The zero-order valence-electron chi connectivity index (χ0n) is 11.4. The van der Waals surface area contributed by atoms with E-state index in [2.05, 4.69) is 6.92 Å². The van der Waals surface area contributed by atoms with E-state index in [1.807, 2.05) is 18.2 Å².